The molecular formula is C14H21NO3. The Morgan fingerprint density at radius 1 is 1.28 bits per heavy atom. The minimum Gasteiger partial charge on any atom is -0.497 e. The van der Waals surface area contributed by atoms with Crippen LogP contribution in [0, 0.1) is 0 Å². The van der Waals surface area contributed by atoms with Crippen LogP contribution >= 0.6 is 0 Å². The summed E-state index contributed by atoms with van der Waals surface area (Å²) < 4.78 is 16.2. The maximum Gasteiger partial charge on any atom is 0.119 e. The molecule has 1 aromatic rings. The van der Waals surface area contributed by atoms with Gasteiger partial charge in [-0.05, 0) is 37.1 Å². The number of hydrogen-bond acceptors (Lipinski definition) is 4. The molecule has 1 unspecified atom stereocenters. The molecule has 0 saturated carbocycles. The van der Waals surface area contributed by atoms with Crippen molar-refractivity contribution in [1.29, 1.82) is 0 Å². The van der Waals surface area contributed by atoms with Gasteiger partial charge in [0.15, 0.2) is 0 Å². The fraction of sp³-hybridized carbons (Fsp3) is 0.571. The van der Waals surface area contributed by atoms with Crippen LogP contribution < -0.4 is 15.2 Å². The van der Waals surface area contributed by atoms with E-state index in [1.165, 1.54) is 0 Å². The summed E-state index contributed by atoms with van der Waals surface area (Å²) >= 11 is 0. The minimum atomic E-state index is -0.218. The van der Waals surface area contributed by atoms with Crippen molar-refractivity contribution in [2.24, 2.45) is 5.73 Å². The SMILES string of the molecule is COc1ccc(OCCC2(N)CCCOC2)cc1. The number of methoxy groups -OCH3 is 1. The second-order valence-electron chi connectivity index (χ2n) is 4.79. The van der Waals surface area contributed by atoms with Crippen LogP contribution in [0.25, 0.3) is 0 Å². The van der Waals surface area contributed by atoms with Crippen LogP contribution in [-0.4, -0.2) is 32.5 Å². The number of benzene rings is 1. The second-order valence-corrected chi connectivity index (χ2v) is 4.79. The molecule has 0 radical (unpaired) electrons. The van der Waals surface area contributed by atoms with Gasteiger partial charge in [-0.3, -0.25) is 0 Å². The van der Waals surface area contributed by atoms with Crippen molar-refractivity contribution < 1.29 is 14.2 Å². The van der Waals surface area contributed by atoms with Crippen LogP contribution in [0.4, 0.5) is 0 Å². The first-order valence-corrected chi connectivity index (χ1v) is 6.35. The Morgan fingerprint density at radius 2 is 2.00 bits per heavy atom. The van der Waals surface area contributed by atoms with Crippen LogP contribution in [0.3, 0.4) is 0 Å². The summed E-state index contributed by atoms with van der Waals surface area (Å²) in [7, 11) is 1.65. The Kier molecular flexibility index (Phi) is 4.44. The van der Waals surface area contributed by atoms with Crippen molar-refractivity contribution in [3.05, 3.63) is 24.3 Å². The Balaban J connectivity index is 1.77. The number of ether oxygens (including phenoxy) is 3. The molecule has 100 valence electrons. The van der Waals surface area contributed by atoms with E-state index >= 15 is 0 Å². The van der Waals surface area contributed by atoms with E-state index in [4.69, 9.17) is 19.9 Å². The maximum absolute atomic E-state index is 6.24. The van der Waals surface area contributed by atoms with Gasteiger partial charge in [-0.15, -0.1) is 0 Å². The Bertz CT molecular complexity index is 358. The molecule has 2 N–H and O–H groups in total. The topological polar surface area (TPSA) is 53.7 Å². The first-order valence-electron chi connectivity index (χ1n) is 6.35. The molecular weight excluding hydrogens is 230 g/mol. The average molecular weight is 251 g/mol. The molecule has 18 heavy (non-hydrogen) atoms. The van der Waals surface area contributed by atoms with Crippen molar-refractivity contribution >= 4 is 0 Å². The van der Waals surface area contributed by atoms with Gasteiger partial charge in [-0.1, -0.05) is 0 Å². The van der Waals surface area contributed by atoms with Crippen molar-refractivity contribution in [2.45, 2.75) is 24.8 Å². The molecule has 1 fully saturated rings. The quantitative estimate of drug-likeness (QED) is 0.869. The molecule has 4 nitrogen and oxygen atoms in total. The third kappa shape index (κ3) is 3.62. The molecule has 1 aliphatic heterocycles. The van der Waals surface area contributed by atoms with Gasteiger partial charge in [0, 0.05) is 18.6 Å². The highest BCUT2D eigenvalue weighted by atomic mass is 16.5. The molecule has 1 saturated heterocycles. The Hall–Kier alpha value is -1.26. The van der Waals surface area contributed by atoms with Gasteiger partial charge < -0.3 is 19.9 Å². The van der Waals surface area contributed by atoms with E-state index in [1.807, 2.05) is 24.3 Å². The van der Waals surface area contributed by atoms with Crippen LogP contribution in [0.15, 0.2) is 24.3 Å². The third-order valence-electron chi connectivity index (χ3n) is 3.28. The predicted octanol–water partition coefficient (Wildman–Crippen LogP) is 1.97. The highest BCUT2D eigenvalue weighted by molar-refractivity contribution is 5.31. The lowest BCUT2D eigenvalue weighted by atomic mass is 9.90. The molecule has 0 amide bonds. The standard InChI is InChI=1S/C14H21NO3/c1-16-12-3-5-13(6-4-12)18-10-8-14(15)7-2-9-17-11-14/h3-6H,2,7-11,15H2,1H3. The number of hydrogen-bond donors (Lipinski definition) is 1. The molecule has 0 bridgehead atoms. The fourth-order valence-electron chi connectivity index (χ4n) is 2.12. The first kappa shape index (κ1) is 13.2. The smallest absolute Gasteiger partial charge is 0.119 e. The molecule has 0 aromatic heterocycles. The van der Waals surface area contributed by atoms with E-state index in [1.54, 1.807) is 7.11 Å². The number of rotatable bonds is 5. The predicted molar refractivity (Wildman–Crippen MR) is 70.1 cm³/mol. The van der Waals surface area contributed by atoms with Gasteiger partial charge in [0.1, 0.15) is 11.5 Å². The lowest BCUT2D eigenvalue weighted by Crippen LogP contribution is -2.48. The summed E-state index contributed by atoms with van der Waals surface area (Å²) in [5, 5.41) is 0. The number of nitrogens with two attached hydrogens (primary N) is 1. The lowest BCUT2D eigenvalue weighted by molar-refractivity contribution is 0.0288. The zero-order chi connectivity index (χ0) is 12.8. The van der Waals surface area contributed by atoms with Crippen LogP contribution in [0.5, 0.6) is 11.5 Å². The zero-order valence-corrected chi connectivity index (χ0v) is 10.9. The summed E-state index contributed by atoms with van der Waals surface area (Å²) in [6, 6.07) is 7.58. The summed E-state index contributed by atoms with van der Waals surface area (Å²) in [6.07, 6.45) is 2.87. The van der Waals surface area contributed by atoms with E-state index in [-0.39, 0.29) is 5.54 Å². The van der Waals surface area contributed by atoms with E-state index in [2.05, 4.69) is 0 Å². The Morgan fingerprint density at radius 3 is 2.61 bits per heavy atom. The summed E-state index contributed by atoms with van der Waals surface area (Å²) in [4.78, 5) is 0. The summed E-state index contributed by atoms with van der Waals surface area (Å²) in [5.74, 6) is 1.68. The maximum atomic E-state index is 6.24. The highest BCUT2D eigenvalue weighted by Crippen LogP contribution is 2.21. The van der Waals surface area contributed by atoms with E-state index in [0.29, 0.717) is 13.2 Å². The van der Waals surface area contributed by atoms with Crippen molar-refractivity contribution in [3.8, 4) is 11.5 Å². The fourth-order valence-corrected chi connectivity index (χ4v) is 2.12. The second kappa shape index (κ2) is 6.07. The Labute approximate surface area is 108 Å². The van der Waals surface area contributed by atoms with E-state index in [0.717, 1.165) is 37.4 Å². The third-order valence-corrected chi connectivity index (χ3v) is 3.28. The highest BCUT2D eigenvalue weighted by Gasteiger charge is 2.27. The van der Waals surface area contributed by atoms with Gasteiger partial charge in [0.25, 0.3) is 0 Å². The van der Waals surface area contributed by atoms with E-state index < -0.39 is 0 Å². The largest absolute Gasteiger partial charge is 0.497 e. The van der Waals surface area contributed by atoms with Gasteiger partial charge in [0.2, 0.25) is 0 Å². The lowest BCUT2D eigenvalue weighted by Gasteiger charge is -2.33. The molecule has 1 atom stereocenters. The van der Waals surface area contributed by atoms with E-state index in [9.17, 15) is 0 Å². The molecule has 1 heterocycles. The van der Waals surface area contributed by atoms with Crippen molar-refractivity contribution in [3.63, 3.8) is 0 Å². The molecule has 1 aromatic carbocycles. The van der Waals surface area contributed by atoms with Gasteiger partial charge in [-0.2, -0.15) is 0 Å². The van der Waals surface area contributed by atoms with Gasteiger partial charge >= 0.3 is 0 Å². The summed E-state index contributed by atoms with van der Waals surface area (Å²) in [5.41, 5.74) is 6.03. The van der Waals surface area contributed by atoms with Crippen LogP contribution in [-0.2, 0) is 4.74 Å². The molecule has 4 heteroatoms. The molecule has 2 rings (SSSR count). The van der Waals surface area contributed by atoms with Crippen molar-refractivity contribution in [1.82, 2.24) is 0 Å². The monoisotopic (exact) mass is 251 g/mol. The average Bonchev–Trinajstić information content (AvgIpc) is 2.40. The van der Waals surface area contributed by atoms with Crippen LogP contribution in [0.2, 0.25) is 0 Å². The zero-order valence-electron chi connectivity index (χ0n) is 10.9. The van der Waals surface area contributed by atoms with Crippen LogP contribution in [0.1, 0.15) is 19.3 Å². The molecule has 0 aliphatic carbocycles. The molecule has 1 aliphatic rings. The molecule has 0 spiro atoms. The normalized spacial score (nSPS) is 23.7. The minimum absolute atomic E-state index is 0.218. The summed E-state index contributed by atoms with van der Waals surface area (Å²) in [6.45, 7) is 2.09. The van der Waals surface area contributed by atoms with Crippen molar-refractivity contribution in [2.75, 3.05) is 26.9 Å². The first-order chi connectivity index (χ1) is 8.72. The van der Waals surface area contributed by atoms with Gasteiger partial charge in [-0.25, -0.2) is 0 Å². The van der Waals surface area contributed by atoms with Gasteiger partial charge in [0.05, 0.1) is 20.3 Å².